The van der Waals surface area contributed by atoms with Crippen LogP contribution in [0.3, 0.4) is 0 Å². The Morgan fingerprint density at radius 2 is 1.84 bits per heavy atom. The van der Waals surface area contributed by atoms with Crippen LogP contribution in [0.2, 0.25) is 0 Å². The minimum Gasteiger partial charge on any atom is -0.374 e. The lowest BCUT2D eigenvalue weighted by Gasteiger charge is -2.27. The van der Waals surface area contributed by atoms with E-state index in [0.29, 0.717) is 24.1 Å². The van der Waals surface area contributed by atoms with Crippen LogP contribution in [-0.4, -0.2) is 25.4 Å². The number of carbonyl (C=O) groups is 2. The SMILES string of the molecule is C=CNc1c(CC)c(-c2ccc3c(c2)NC(=O)CC3)cc(N(C)CCC)c1C(N)=O.CC.CCC(C)C. The maximum atomic E-state index is 12.4. The Balaban J connectivity index is 0.000000874. The quantitative estimate of drug-likeness (QED) is 0.330. The Labute approximate surface area is 224 Å². The van der Waals surface area contributed by atoms with Crippen LogP contribution < -0.4 is 21.3 Å². The Kier molecular flexibility index (Phi) is 13.5. The predicted molar refractivity (Wildman–Crippen MR) is 161 cm³/mol. The summed E-state index contributed by atoms with van der Waals surface area (Å²) in [5.41, 5.74) is 12.7. The highest BCUT2D eigenvalue weighted by Crippen LogP contribution is 2.40. The second kappa shape index (κ2) is 15.7. The number of nitrogens with one attached hydrogen (secondary N) is 2. The summed E-state index contributed by atoms with van der Waals surface area (Å²) in [5.74, 6) is 0.447. The van der Waals surface area contributed by atoms with Crippen molar-refractivity contribution in [3.8, 4) is 11.1 Å². The molecule has 1 aliphatic heterocycles. The molecule has 0 atom stereocenters. The standard InChI is InChI=1S/C24H30N4O2.C5H12.C2H6/c1-5-12-28(4)20-14-18(17(6-2)23(26-7-3)22(20)24(25)30)16-9-8-15-10-11-21(29)27-19(15)13-16;1-4-5(2)3;1-2/h7-9,13-14,26H,3,5-6,10-12H2,1-2,4H3,(H2,25,30)(H,27,29);5H,4H2,1-3H3;1-2H3. The molecule has 2 aromatic carbocycles. The van der Waals surface area contributed by atoms with E-state index in [0.717, 1.165) is 58.9 Å². The number of hydrogen-bond donors (Lipinski definition) is 3. The van der Waals surface area contributed by atoms with E-state index in [-0.39, 0.29) is 5.91 Å². The fourth-order valence-electron chi connectivity index (χ4n) is 4.14. The van der Waals surface area contributed by atoms with Crippen LogP contribution >= 0.6 is 0 Å². The molecule has 0 aliphatic carbocycles. The van der Waals surface area contributed by atoms with E-state index in [1.807, 2.05) is 40.0 Å². The van der Waals surface area contributed by atoms with Crippen LogP contribution in [-0.2, 0) is 17.6 Å². The predicted octanol–water partition coefficient (Wildman–Crippen LogP) is 7.38. The van der Waals surface area contributed by atoms with Gasteiger partial charge in [0.25, 0.3) is 5.91 Å². The molecule has 0 fully saturated rings. The molecule has 1 heterocycles. The van der Waals surface area contributed by atoms with Crippen LogP contribution in [0, 0.1) is 5.92 Å². The third kappa shape index (κ3) is 8.38. The van der Waals surface area contributed by atoms with Gasteiger partial charge in [0, 0.05) is 25.7 Å². The summed E-state index contributed by atoms with van der Waals surface area (Å²) >= 11 is 0. The van der Waals surface area contributed by atoms with Crippen molar-refractivity contribution in [3.05, 3.63) is 53.7 Å². The van der Waals surface area contributed by atoms with Gasteiger partial charge in [-0.3, -0.25) is 9.59 Å². The van der Waals surface area contributed by atoms with E-state index >= 15 is 0 Å². The van der Waals surface area contributed by atoms with E-state index in [9.17, 15) is 9.59 Å². The van der Waals surface area contributed by atoms with Gasteiger partial charge in [0.15, 0.2) is 0 Å². The minimum absolute atomic E-state index is 0.0387. The number of nitrogens with zero attached hydrogens (tertiary/aromatic N) is 1. The maximum absolute atomic E-state index is 12.4. The molecule has 0 saturated heterocycles. The zero-order valence-electron chi connectivity index (χ0n) is 24.3. The molecule has 0 bridgehead atoms. The second-order valence-electron chi connectivity index (χ2n) is 9.38. The first-order valence-electron chi connectivity index (χ1n) is 13.7. The molecule has 0 spiro atoms. The minimum atomic E-state index is -0.476. The molecule has 6 nitrogen and oxygen atoms in total. The molecule has 2 amide bonds. The van der Waals surface area contributed by atoms with E-state index < -0.39 is 5.91 Å². The number of hydrogen-bond acceptors (Lipinski definition) is 4. The van der Waals surface area contributed by atoms with Gasteiger partial charge in [-0.2, -0.15) is 0 Å². The number of carbonyl (C=O) groups excluding carboxylic acids is 2. The van der Waals surface area contributed by atoms with Gasteiger partial charge in [-0.1, -0.05) is 73.6 Å². The molecule has 4 N–H and O–H groups in total. The molecule has 2 aromatic rings. The highest BCUT2D eigenvalue weighted by molar-refractivity contribution is 6.07. The van der Waals surface area contributed by atoms with Gasteiger partial charge in [-0.25, -0.2) is 0 Å². The largest absolute Gasteiger partial charge is 0.374 e. The van der Waals surface area contributed by atoms with Crippen LogP contribution in [0.4, 0.5) is 17.1 Å². The van der Waals surface area contributed by atoms with E-state index in [2.05, 4.69) is 61.9 Å². The number of nitrogens with two attached hydrogens (primary N) is 1. The maximum Gasteiger partial charge on any atom is 0.252 e. The molecule has 0 unspecified atom stereocenters. The normalized spacial score (nSPS) is 11.8. The molecule has 0 saturated carbocycles. The van der Waals surface area contributed by atoms with Crippen molar-refractivity contribution in [1.82, 2.24) is 0 Å². The topological polar surface area (TPSA) is 87.5 Å². The Morgan fingerprint density at radius 3 is 2.35 bits per heavy atom. The highest BCUT2D eigenvalue weighted by atomic mass is 16.2. The van der Waals surface area contributed by atoms with Gasteiger partial charge < -0.3 is 21.3 Å². The van der Waals surface area contributed by atoms with E-state index in [1.54, 1.807) is 6.20 Å². The van der Waals surface area contributed by atoms with Crippen LogP contribution in [0.25, 0.3) is 11.1 Å². The fraction of sp³-hybridized carbons (Fsp3) is 0.484. The summed E-state index contributed by atoms with van der Waals surface area (Å²) < 4.78 is 0. The number of amides is 2. The number of aryl methyl sites for hydroxylation is 1. The number of benzene rings is 2. The second-order valence-corrected chi connectivity index (χ2v) is 9.38. The first-order chi connectivity index (χ1) is 17.7. The monoisotopic (exact) mass is 508 g/mol. The van der Waals surface area contributed by atoms with Gasteiger partial charge in [0.05, 0.1) is 16.9 Å². The van der Waals surface area contributed by atoms with Crippen molar-refractivity contribution >= 4 is 28.9 Å². The van der Waals surface area contributed by atoms with Crippen molar-refractivity contribution in [2.24, 2.45) is 11.7 Å². The molecular weight excluding hydrogens is 460 g/mol. The Morgan fingerprint density at radius 1 is 1.19 bits per heavy atom. The molecule has 0 aromatic heterocycles. The fourth-order valence-corrected chi connectivity index (χ4v) is 4.14. The number of anilines is 3. The summed E-state index contributed by atoms with van der Waals surface area (Å²) in [5, 5.41) is 6.14. The third-order valence-electron chi connectivity index (χ3n) is 6.36. The summed E-state index contributed by atoms with van der Waals surface area (Å²) in [4.78, 5) is 26.4. The smallest absolute Gasteiger partial charge is 0.252 e. The highest BCUT2D eigenvalue weighted by Gasteiger charge is 2.24. The van der Waals surface area contributed by atoms with Crippen molar-refractivity contribution in [2.45, 2.75) is 80.6 Å². The van der Waals surface area contributed by atoms with Gasteiger partial charge in [0.2, 0.25) is 5.91 Å². The van der Waals surface area contributed by atoms with Gasteiger partial charge in [-0.05, 0) is 65.8 Å². The Hall–Kier alpha value is -3.28. The lowest BCUT2D eigenvalue weighted by molar-refractivity contribution is -0.116. The average molecular weight is 509 g/mol. The number of fused-ring (bicyclic) bond motifs is 1. The first kappa shape index (κ1) is 31.7. The van der Waals surface area contributed by atoms with Crippen molar-refractivity contribution in [2.75, 3.05) is 29.1 Å². The van der Waals surface area contributed by atoms with Gasteiger partial charge >= 0.3 is 0 Å². The number of primary amides is 1. The van der Waals surface area contributed by atoms with Crippen molar-refractivity contribution in [1.29, 1.82) is 0 Å². The summed E-state index contributed by atoms with van der Waals surface area (Å²) in [6, 6.07) is 8.21. The summed E-state index contributed by atoms with van der Waals surface area (Å²) in [7, 11) is 1.96. The molecule has 3 rings (SSSR count). The molecule has 204 valence electrons. The van der Waals surface area contributed by atoms with Crippen molar-refractivity contribution in [3.63, 3.8) is 0 Å². The summed E-state index contributed by atoms with van der Waals surface area (Å²) in [6.45, 7) is 19.4. The van der Waals surface area contributed by atoms with E-state index in [4.69, 9.17) is 5.73 Å². The van der Waals surface area contributed by atoms with Gasteiger partial charge in [-0.15, -0.1) is 0 Å². The molecule has 6 heteroatoms. The molecular formula is C31H48N4O2. The molecule has 1 aliphatic rings. The first-order valence-corrected chi connectivity index (χ1v) is 13.7. The van der Waals surface area contributed by atoms with Crippen LogP contribution in [0.1, 0.15) is 89.2 Å². The zero-order chi connectivity index (χ0) is 28.1. The van der Waals surface area contributed by atoms with Crippen LogP contribution in [0.5, 0.6) is 0 Å². The number of rotatable bonds is 9. The third-order valence-corrected chi connectivity index (χ3v) is 6.36. The zero-order valence-corrected chi connectivity index (χ0v) is 24.3. The average Bonchev–Trinajstić information content (AvgIpc) is 2.89. The van der Waals surface area contributed by atoms with Crippen molar-refractivity contribution < 1.29 is 9.59 Å². The molecule has 37 heavy (non-hydrogen) atoms. The van der Waals surface area contributed by atoms with Gasteiger partial charge in [0.1, 0.15) is 0 Å². The Bertz CT molecular complexity index is 1060. The summed E-state index contributed by atoms with van der Waals surface area (Å²) in [6.07, 6.45) is 5.78. The van der Waals surface area contributed by atoms with Crippen LogP contribution in [0.15, 0.2) is 37.0 Å². The molecule has 0 radical (unpaired) electrons. The lowest BCUT2D eigenvalue weighted by atomic mass is 9.90. The van der Waals surface area contributed by atoms with E-state index in [1.165, 1.54) is 6.42 Å². The lowest BCUT2D eigenvalue weighted by Crippen LogP contribution is -2.25.